The van der Waals surface area contributed by atoms with Crippen molar-refractivity contribution < 1.29 is 18.3 Å². The van der Waals surface area contributed by atoms with Crippen molar-refractivity contribution in [2.75, 3.05) is 20.2 Å². The van der Waals surface area contributed by atoms with Gasteiger partial charge in [0, 0.05) is 44.5 Å². The van der Waals surface area contributed by atoms with Gasteiger partial charge in [-0.1, -0.05) is 0 Å². The number of benzene rings is 1. The average Bonchev–Trinajstić information content (AvgIpc) is 2.97. The largest absolute Gasteiger partial charge is 0.395 e. The van der Waals surface area contributed by atoms with Crippen LogP contribution in [0.2, 0.25) is 0 Å². The van der Waals surface area contributed by atoms with E-state index in [1.807, 2.05) is 6.20 Å². The van der Waals surface area contributed by atoms with Crippen LogP contribution in [0.3, 0.4) is 0 Å². The molecule has 0 bridgehead atoms. The van der Waals surface area contributed by atoms with Crippen molar-refractivity contribution >= 4 is 15.9 Å². The lowest BCUT2D eigenvalue weighted by molar-refractivity contribution is 0.0785. The van der Waals surface area contributed by atoms with E-state index < -0.39 is 10.0 Å². The molecule has 0 unspecified atom stereocenters. The molecule has 2 aromatic rings. The van der Waals surface area contributed by atoms with E-state index in [1.54, 1.807) is 25.0 Å². The summed E-state index contributed by atoms with van der Waals surface area (Å²) in [4.78, 5) is 14.0. The number of aromatic nitrogens is 2. The summed E-state index contributed by atoms with van der Waals surface area (Å²) in [6.07, 6.45) is 3.51. The molecular weight excluding hydrogens is 332 g/mol. The maximum atomic E-state index is 12.4. The summed E-state index contributed by atoms with van der Waals surface area (Å²) in [7, 11) is -0.207. The van der Waals surface area contributed by atoms with Gasteiger partial charge in [-0.2, -0.15) is 5.10 Å². The number of aliphatic hydroxyl groups is 1. The smallest absolute Gasteiger partial charge is 0.253 e. The highest BCUT2D eigenvalue weighted by Gasteiger charge is 2.16. The summed E-state index contributed by atoms with van der Waals surface area (Å²) in [6, 6.07) is 5.67. The molecule has 8 nitrogen and oxygen atoms in total. The molecule has 0 saturated carbocycles. The quantitative estimate of drug-likeness (QED) is 0.728. The van der Waals surface area contributed by atoms with Crippen molar-refractivity contribution in [1.29, 1.82) is 0 Å². The molecule has 0 radical (unpaired) electrons. The fourth-order valence-corrected chi connectivity index (χ4v) is 3.18. The zero-order valence-corrected chi connectivity index (χ0v) is 14.3. The number of carbonyl (C=O) groups excluding carboxylic acids is 1. The Morgan fingerprint density at radius 2 is 2.00 bits per heavy atom. The Balaban J connectivity index is 2.08. The minimum absolute atomic E-state index is 0.0439. The van der Waals surface area contributed by atoms with Crippen LogP contribution < -0.4 is 4.72 Å². The van der Waals surface area contributed by atoms with Gasteiger partial charge >= 0.3 is 0 Å². The minimum Gasteiger partial charge on any atom is -0.395 e. The second kappa shape index (κ2) is 7.56. The molecular formula is C15H20N4O4S. The Hall–Kier alpha value is -2.23. The van der Waals surface area contributed by atoms with Crippen LogP contribution in [0.1, 0.15) is 15.9 Å². The Morgan fingerprint density at radius 3 is 2.54 bits per heavy atom. The molecule has 1 amide bonds. The van der Waals surface area contributed by atoms with Crippen molar-refractivity contribution in [3.05, 3.63) is 47.8 Å². The maximum Gasteiger partial charge on any atom is 0.253 e. The zero-order chi connectivity index (χ0) is 17.7. The third kappa shape index (κ3) is 4.40. The van der Waals surface area contributed by atoms with E-state index in [0.29, 0.717) is 12.1 Å². The first-order chi connectivity index (χ1) is 11.3. The third-order valence-corrected chi connectivity index (χ3v) is 4.82. The SMILES string of the molecule is CN(Cc1cnn(C)c1)C(=O)c1ccc(S(=O)(=O)NCCO)cc1. The van der Waals surface area contributed by atoms with Gasteiger partial charge in [-0.25, -0.2) is 13.1 Å². The monoisotopic (exact) mass is 352 g/mol. The number of hydrogen-bond acceptors (Lipinski definition) is 5. The summed E-state index contributed by atoms with van der Waals surface area (Å²) >= 11 is 0. The van der Waals surface area contributed by atoms with Crippen molar-refractivity contribution in [1.82, 2.24) is 19.4 Å². The molecule has 0 aliphatic heterocycles. The second-order valence-corrected chi connectivity index (χ2v) is 7.10. The van der Waals surface area contributed by atoms with E-state index in [1.165, 1.54) is 29.2 Å². The predicted octanol–water partition coefficient (Wildman–Crippen LogP) is -0.0371. The molecule has 1 aromatic heterocycles. The minimum atomic E-state index is -3.68. The third-order valence-electron chi connectivity index (χ3n) is 3.34. The average molecular weight is 352 g/mol. The second-order valence-electron chi connectivity index (χ2n) is 5.33. The molecule has 130 valence electrons. The molecule has 9 heteroatoms. The van der Waals surface area contributed by atoms with Crippen LogP contribution in [0.15, 0.2) is 41.6 Å². The number of amides is 1. The molecule has 0 saturated heterocycles. The van der Waals surface area contributed by atoms with Crippen molar-refractivity contribution in [3.63, 3.8) is 0 Å². The molecule has 2 rings (SSSR count). The number of nitrogens with one attached hydrogen (secondary N) is 1. The van der Waals surface area contributed by atoms with Crippen LogP contribution in [-0.4, -0.2) is 54.3 Å². The molecule has 2 N–H and O–H groups in total. The molecule has 0 aliphatic carbocycles. The van der Waals surface area contributed by atoms with Gasteiger partial charge in [0.05, 0.1) is 17.7 Å². The first-order valence-electron chi connectivity index (χ1n) is 7.27. The highest BCUT2D eigenvalue weighted by molar-refractivity contribution is 7.89. The van der Waals surface area contributed by atoms with Crippen LogP contribution in [0.25, 0.3) is 0 Å². The predicted molar refractivity (Wildman–Crippen MR) is 87.7 cm³/mol. The number of rotatable bonds is 7. The molecule has 0 atom stereocenters. The Labute approximate surface area is 140 Å². The lowest BCUT2D eigenvalue weighted by atomic mass is 10.2. The van der Waals surface area contributed by atoms with Gasteiger partial charge in [-0.3, -0.25) is 9.48 Å². The van der Waals surface area contributed by atoms with Crippen LogP contribution >= 0.6 is 0 Å². The lowest BCUT2D eigenvalue weighted by Crippen LogP contribution is -2.27. The highest BCUT2D eigenvalue weighted by atomic mass is 32.2. The summed E-state index contributed by atoms with van der Waals surface area (Å²) < 4.78 is 27.8. The zero-order valence-electron chi connectivity index (χ0n) is 13.5. The fraction of sp³-hybridized carbons (Fsp3) is 0.333. The van der Waals surface area contributed by atoms with Gasteiger partial charge in [0.15, 0.2) is 0 Å². The summed E-state index contributed by atoms with van der Waals surface area (Å²) in [5.41, 5.74) is 1.29. The molecule has 1 aromatic carbocycles. The molecule has 1 heterocycles. The van der Waals surface area contributed by atoms with Crippen LogP contribution in [0, 0.1) is 0 Å². The molecule has 24 heavy (non-hydrogen) atoms. The number of sulfonamides is 1. The van der Waals surface area contributed by atoms with E-state index >= 15 is 0 Å². The van der Waals surface area contributed by atoms with E-state index in [0.717, 1.165) is 5.56 Å². The van der Waals surface area contributed by atoms with Crippen molar-refractivity contribution in [2.24, 2.45) is 7.05 Å². The number of aliphatic hydroxyl groups excluding tert-OH is 1. The van der Waals surface area contributed by atoms with E-state index in [-0.39, 0.29) is 24.0 Å². The van der Waals surface area contributed by atoms with E-state index in [2.05, 4.69) is 9.82 Å². The Bertz CT molecular complexity index is 799. The van der Waals surface area contributed by atoms with Crippen molar-refractivity contribution in [3.8, 4) is 0 Å². The van der Waals surface area contributed by atoms with E-state index in [4.69, 9.17) is 5.11 Å². The van der Waals surface area contributed by atoms with Crippen LogP contribution in [-0.2, 0) is 23.6 Å². The lowest BCUT2D eigenvalue weighted by Gasteiger charge is -2.16. The Morgan fingerprint density at radius 1 is 1.33 bits per heavy atom. The normalized spacial score (nSPS) is 11.5. The molecule has 0 aliphatic rings. The fourth-order valence-electron chi connectivity index (χ4n) is 2.16. The van der Waals surface area contributed by atoms with Gasteiger partial charge in [-0.05, 0) is 24.3 Å². The topological polar surface area (TPSA) is 105 Å². The van der Waals surface area contributed by atoms with E-state index in [9.17, 15) is 13.2 Å². The standard InChI is InChI=1S/C15H20N4O4S/c1-18(10-12-9-16-19(2)11-12)15(21)13-3-5-14(6-4-13)24(22,23)17-7-8-20/h3-6,9,11,17,20H,7-8,10H2,1-2H3. The van der Waals surface area contributed by atoms with Gasteiger partial charge in [0.25, 0.3) is 5.91 Å². The van der Waals surface area contributed by atoms with Gasteiger partial charge in [0.1, 0.15) is 0 Å². The molecule has 0 spiro atoms. The highest BCUT2D eigenvalue weighted by Crippen LogP contribution is 2.13. The summed E-state index contributed by atoms with van der Waals surface area (Å²) in [5.74, 6) is -0.217. The summed E-state index contributed by atoms with van der Waals surface area (Å²) in [5, 5.41) is 12.7. The molecule has 0 fully saturated rings. The number of nitrogens with zero attached hydrogens (tertiary/aromatic N) is 3. The first-order valence-corrected chi connectivity index (χ1v) is 8.75. The Kier molecular flexibility index (Phi) is 5.71. The number of carbonyl (C=O) groups is 1. The van der Waals surface area contributed by atoms with Gasteiger partial charge in [-0.15, -0.1) is 0 Å². The van der Waals surface area contributed by atoms with Gasteiger partial charge in [0.2, 0.25) is 10.0 Å². The van der Waals surface area contributed by atoms with Crippen molar-refractivity contribution in [2.45, 2.75) is 11.4 Å². The first kappa shape index (κ1) is 18.1. The van der Waals surface area contributed by atoms with Crippen LogP contribution in [0.5, 0.6) is 0 Å². The van der Waals surface area contributed by atoms with Crippen LogP contribution in [0.4, 0.5) is 0 Å². The number of aryl methyl sites for hydroxylation is 1. The summed E-state index contributed by atoms with van der Waals surface area (Å²) in [6.45, 7) is 0.0661. The number of hydrogen-bond donors (Lipinski definition) is 2. The maximum absolute atomic E-state index is 12.4. The van der Waals surface area contributed by atoms with Gasteiger partial charge < -0.3 is 10.0 Å².